The molecule has 1 fully saturated rings. The highest BCUT2D eigenvalue weighted by atomic mass is 19.1. The third-order valence-corrected chi connectivity index (χ3v) is 4.66. The quantitative estimate of drug-likeness (QED) is 0.675. The molecular formula is C19H21FN4O2. The number of piperazine rings is 1. The van der Waals surface area contributed by atoms with Gasteiger partial charge < -0.3 is 25.0 Å². The van der Waals surface area contributed by atoms with E-state index in [9.17, 15) is 4.39 Å². The monoisotopic (exact) mass is 356 g/mol. The summed E-state index contributed by atoms with van der Waals surface area (Å²) in [6.45, 7) is 3.99. The molecule has 0 bridgehead atoms. The second-order valence-corrected chi connectivity index (χ2v) is 6.31. The van der Waals surface area contributed by atoms with Crippen LogP contribution in [0, 0.1) is 5.82 Å². The van der Waals surface area contributed by atoms with Crippen LogP contribution in [0.5, 0.6) is 11.5 Å². The zero-order valence-electron chi connectivity index (χ0n) is 14.4. The molecule has 7 heteroatoms. The number of benzene rings is 2. The van der Waals surface area contributed by atoms with Crippen molar-refractivity contribution in [1.82, 2.24) is 4.90 Å². The standard InChI is InChI=1S/C19H21FN4O2/c20-15-2-4-16(5-3-15)23-7-9-24(10-8-23)19(21)22-12-14-1-6-17-18(11-14)26-13-25-17/h1-6,11H,7-10,12-13H2,(H2,21,22). The Bertz CT molecular complexity index is 802. The van der Waals surface area contributed by atoms with E-state index in [0.29, 0.717) is 12.5 Å². The average molecular weight is 356 g/mol. The molecule has 0 atom stereocenters. The Labute approximate surface area is 151 Å². The summed E-state index contributed by atoms with van der Waals surface area (Å²) in [5.74, 6) is 1.85. The van der Waals surface area contributed by atoms with Crippen LogP contribution in [0.2, 0.25) is 0 Å². The van der Waals surface area contributed by atoms with Gasteiger partial charge in [-0.3, -0.25) is 0 Å². The van der Waals surface area contributed by atoms with Gasteiger partial charge in [-0.15, -0.1) is 0 Å². The van der Waals surface area contributed by atoms with Crippen molar-refractivity contribution >= 4 is 11.6 Å². The molecular weight excluding hydrogens is 335 g/mol. The molecule has 26 heavy (non-hydrogen) atoms. The third kappa shape index (κ3) is 3.51. The number of aliphatic imine (C=N–C) groups is 1. The molecule has 0 radical (unpaired) electrons. The van der Waals surface area contributed by atoms with E-state index in [1.165, 1.54) is 12.1 Å². The van der Waals surface area contributed by atoms with Crippen LogP contribution >= 0.6 is 0 Å². The first-order valence-electron chi connectivity index (χ1n) is 8.63. The number of hydrogen-bond donors (Lipinski definition) is 1. The molecule has 0 aliphatic carbocycles. The summed E-state index contributed by atoms with van der Waals surface area (Å²) >= 11 is 0. The van der Waals surface area contributed by atoms with Gasteiger partial charge in [0.05, 0.1) is 6.54 Å². The van der Waals surface area contributed by atoms with Crippen LogP contribution in [-0.2, 0) is 6.54 Å². The minimum Gasteiger partial charge on any atom is -0.454 e. The molecule has 0 spiro atoms. The second-order valence-electron chi connectivity index (χ2n) is 6.31. The summed E-state index contributed by atoms with van der Waals surface area (Å²) in [4.78, 5) is 8.81. The third-order valence-electron chi connectivity index (χ3n) is 4.66. The number of rotatable bonds is 3. The lowest BCUT2D eigenvalue weighted by Crippen LogP contribution is -2.51. The van der Waals surface area contributed by atoms with Crippen molar-refractivity contribution in [2.24, 2.45) is 10.7 Å². The fourth-order valence-electron chi connectivity index (χ4n) is 3.16. The van der Waals surface area contributed by atoms with Gasteiger partial charge in [0.25, 0.3) is 0 Å². The molecule has 1 saturated heterocycles. The number of nitrogens with zero attached hydrogens (tertiary/aromatic N) is 3. The summed E-state index contributed by atoms with van der Waals surface area (Å²) in [6.07, 6.45) is 0. The number of fused-ring (bicyclic) bond motifs is 1. The van der Waals surface area contributed by atoms with Gasteiger partial charge in [-0.1, -0.05) is 6.07 Å². The van der Waals surface area contributed by atoms with Gasteiger partial charge in [-0.2, -0.15) is 0 Å². The van der Waals surface area contributed by atoms with Gasteiger partial charge in [0.2, 0.25) is 6.79 Å². The number of halogens is 1. The Morgan fingerprint density at radius 1 is 1.00 bits per heavy atom. The minimum atomic E-state index is -0.215. The number of ether oxygens (including phenoxy) is 2. The maximum Gasteiger partial charge on any atom is 0.231 e. The highest BCUT2D eigenvalue weighted by molar-refractivity contribution is 5.78. The Kier molecular flexibility index (Phi) is 4.51. The van der Waals surface area contributed by atoms with Crippen molar-refractivity contribution in [2.75, 3.05) is 37.9 Å². The predicted octanol–water partition coefficient (Wildman–Crippen LogP) is 2.19. The smallest absolute Gasteiger partial charge is 0.231 e. The fourth-order valence-corrected chi connectivity index (χ4v) is 3.16. The largest absolute Gasteiger partial charge is 0.454 e. The van der Waals surface area contributed by atoms with Crippen molar-refractivity contribution in [3.05, 3.63) is 53.8 Å². The summed E-state index contributed by atoms with van der Waals surface area (Å²) in [5, 5.41) is 0. The van der Waals surface area contributed by atoms with E-state index in [1.54, 1.807) is 0 Å². The van der Waals surface area contributed by atoms with Crippen LogP contribution in [0.4, 0.5) is 10.1 Å². The molecule has 2 aliphatic heterocycles. The van der Waals surface area contributed by atoms with E-state index in [2.05, 4.69) is 14.8 Å². The van der Waals surface area contributed by atoms with Crippen LogP contribution in [0.1, 0.15) is 5.56 Å². The molecule has 0 saturated carbocycles. The van der Waals surface area contributed by atoms with Crippen LogP contribution in [0.3, 0.4) is 0 Å². The lowest BCUT2D eigenvalue weighted by Gasteiger charge is -2.36. The minimum absolute atomic E-state index is 0.215. The SMILES string of the molecule is NC(=NCc1ccc2c(c1)OCO2)N1CCN(c2ccc(F)cc2)CC1. The first kappa shape index (κ1) is 16.5. The summed E-state index contributed by atoms with van der Waals surface area (Å²) < 4.78 is 23.7. The van der Waals surface area contributed by atoms with Crippen LogP contribution in [0.15, 0.2) is 47.5 Å². The molecule has 0 amide bonds. The van der Waals surface area contributed by atoms with Crippen molar-refractivity contribution < 1.29 is 13.9 Å². The molecule has 0 aromatic heterocycles. The Hall–Kier alpha value is -2.96. The van der Waals surface area contributed by atoms with Gasteiger partial charge in [-0.25, -0.2) is 9.38 Å². The van der Waals surface area contributed by atoms with Gasteiger partial charge in [0, 0.05) is 31.9 Å². The number of hydrogen-bond acceptors (Lipinski definition) is 4. The maximum atomic E-state index is 13.0. The lowest BCUT2D eigenvalue weighted by atomic mass is 10.2. The maximum absolute atomic E-state index is 13.0. The van der Waals surface area contributed by atoms with Gasteiger partial charge >= 0.3 is 0 Å². The van der Waals surface area contributed by atoms with E-state index in [0.717, 1.165) is 48.9 Å². The van der Waals surface area contributed by atoms with E-state index < -0.39 is 0 Å². The highest BCUT2D eigenvalue weighted by Gasteiger charge is 2.19. The summed E-state index contributed by atoms with van der Waals surface area (Å²) in [5.41, 5.74) is 8.22. The molecule has 6 nitrogen and oxygen atoms in total. The van der Waals surface area contributed by atoms with Crippen molar-refractivity contribution in [2.45, 2.75) is 6.54 Å². The Morgan fingerprint density at radius 3 is 2.50 bits per heavy atom. The zero-order chi connectivity index (χ0) is 17.9. The predicted molar refractivity (Wildman–Crippen MR) is 98.1 cm³/mol. The first-order valence-corrected chi connectivity index (χ1v) is 8.63. The summed E-state index contributed by atoms with van der Waals surface area (Å²) in [7, 11) is 0. The molecule has 2 aliphatic rings. The fraction of sp³-hybridized carbons (Fsp3) is 0.316. The number of anilines is 1. The molecule has 2 aromatic carbocycles. The van der Waals surface area contributed by atoms with Gasteiger partial charge in [0.15, 0.2) is 17.5 Å². The van der Waals surface area contributed by atoms with Gasteiger partial charge in [-0.05, 0) is 42.0 Å². The van der Waals surface area contributed by atoms with E-state index in [-0.39, 0.29) is 12.6 Å². The molecule has 2 aromatic rings. The van der Waals surface area contributed by atoms with Crippen LogP contribution in [-0.4, -0.2) is 43.8 Å². The second kappa shape index (κ2) is 7.11. The number of guanidine groups is 1. The van der Waals surface area contributed by atoms with Crippen molar-refractivity contribution in [3.8, 4) is 11.5 Å². The lowest BCUT2D eigenvalue weighted by molar-refractivity contribution is 0.174. The normalized spacial score (nSPS) is 16.9. The van der Waals surface area contributed by atoms with Crippen molar-refractivity contribution in [1.29, 1.82) is 0 Å². The first-order chi connectivity index (χ1) is 12.7. The highest BCUT2D eigenvalue weighted by Crippen LogP contribution is 2.32. The van der Waals surface area contributed by atoms with Crippen LogP contribution in [0.25, 0.3) is 0 Å². The number of nitrogens with two attached hydrogens (primary N) is 1. The van der Waals surface area contributed by atoms with Crippen molar-refractivity contribution in [3.63, 3.8) is 0 Å². The molecule has 136 valence electrons. The van der Waals surface area contributed by atoms with E-state index in [1.807, 2.05) is 30.3 Å². The molecule has 2 N–H and O–H groups in total. The Balaban J connectivity index is 1.33. The zero-order valence-corrected chi connectivity index (χ0v) is 14.4. The van der Waals surface area contributed by atoms with Crippen LogP contribution < -0.4 is 20.1 Å². The molecule has 4 rings (SSSR count). The molecule has 2 heterocycles. The average Bonchev–Trinajstić information content (AvgIpc) is 3.15. The summed E-state index contributed by atoms with van der Waals surface area (Å²) in [6, 6.07) is 12.4. The molecule has 0 unspecified atom stereocenters. The van der Waals surface area contributed by atoms with E-state index >= 15 is 0 Å². The Morgan fingerprint density at radius 2 is 1.73 bits per heavy atom. The topological polar surface area (TPSA) is 63.3 Å². The van der Waals surface area contributed by atoms with Gasteiger partial charge in [0.1, 0.15) is 5.82 Å². The van der Waals surface area contributed by atoms with E-state index in [4.69, 9.17) is 15.2 Å².